The van der Waals surface area contributed by atoms with Crippen LogP contribution in [0.5, 0.6) is 0 Å². The van der Waals surface area contributed by atoms with Gasteiger partial charge in [-0.05, 0) is 43.2 Å². The molecule has 2 heteroatoms. The molecule has 0 heterocycles. The van der Waals surface area contributed by atoms with Crippen LogP contribution in [0, 0.1) is 31.0 Å². The fourth-order valence-electron chi connectivity index (χ4n) is 1.82. The Bertz CT molecular complexity index is 609. The van der Waals surface area contributed by atoms with Gasteiger partial charge in [-0.3, -0.25) is 0 Å². The lowest BCUT2D eigenvalue weighted by molar-refractivity contribution is 0.631. The van der Waals surface area contributed by atoms with Gasteiger partial charge in [-0.1, -0.05) is 23.8 Å². The van der Waals surface area contributed by atoms with Gasteiger partial charge in [0, 0.05) is 5.56 Å². The molecule has 0 radical (unpaired) electrons. The molecular formula is C15H12FN. The fourth-order valence-corrected chi connectivity index (χ4v) is 1.82. The summed E-state index contributed by atoms with van der Waals surface area (Å²) in [7, 11) is 0. The number of nitriles is 1. The van der Waals surface area contributed by atoms with Crippen LogP contribution in [0.25, 0.3) is 11.1 Å². The molecule has 0 aliphatic rings. The first-order chi connectivity index (χ1) is 8.11. The molecule has 1 nitrogen and oxygen atoms in total. The first kappa shape index (κ1) is 11.3. The second-order valence-corrected chi connectivity index (χ2v) is 4.12. The van der Waals surface area contributed by atoms with Gasteiger partial charge in [-0.25, -0.2) is 4.39 Å². The standard InChI is InChI=1S/C15H12FN/c1-10-3-6-15(16)14(7-10)12-4-5-13(9-17)11(2)8-12/h3-8H,1-2H3. The fraction of sp³-hybridized carbons (Fsp3) is 0.133. The molecule has 0 spiro atoms. The van der Waals surface area contributed by atoms with E-state index < -0.39 is 0 Å². The largest absolute Gasteiger partial charge is 0.206 e. The van der Waals surface area contributed by atoms with Crippen LogP contribution in [-0.4, -0.2) is 0 Å². The van der Waals surface area contributed by atoms with Crippen molar-refractivity contribution in [2.24, 2.45) is 0 Å². The number of halogens is 1. The molecule has 2 rings (SSSR count). The van der Waals surface area contributed by atoms with Crippen molar-refractivity contribution in [2.45, 2.75) is 13.8 Å². The van der Waals surface area contributed by atoms with E-state index in [-0.39, 0.29) is 5.82 Å². The van der Waals surface area contributed by atoms with Gasteiger partial charge in [0.15, 0.2) is 0 Å². The normalized spacial score (nSPS) is 10.0. The first-order valence-corrected chi connectivity index (χ1v) is 5.39. The van der Waals surface area contributed by atoms with Gasteiger partial charge in [0.25, 0.3) is 0 Å². The molecule has 0 saturated heterocycles. The highest BCUT2D eigenvalue weighted by molar-refractivity contribution is 5.67. The Labute approximate surface area is 100 Å². The molecule has 0 saturated carbocycles. The molecular weight excluding hydrogens is 213 g/mol. The van der Waals surface area contributed by atoms with Crippen molar-refractivity contribution in [1.29, 1.82) is 5.26 Å². The van der Waals surface area contributed by atoms with Crippen LogP contribution in [0.1, 0.15) is 16.7 Å². The van der Waals surface area contributed by atoms with Crippen molar-refractivity contribution in [3.63, 3.8) is 0 Å². The predicted molar refractivity (Wildman–Crippen MR) is 66.0 cm³/mol. The summed E-state index contributed by atoms with van der Waals surface area (Å²) in [5.41, 5.74) is 3.90. The Kier molecular flexibility index (Phi) is 2.93. The van der Waals surface area contributed by atoms with Gasteiger partial charge in [-0.15, -0.1) is 0 Å². The monoisotopic (exact) mass is 225 g/mol. The maximum absolute atomic E-state index is 13.7. The maximum atomic E-state index is 13.7. The van der Waals surface area contributed by atoms with Crippen LogP contribution in [-0.2, 0) is 0 Å². The molecule has 2 aromatic rings. The van der Waals surface area contributed by atoms with E-state index in [4.69, 9.17) is 5.26 Å². The van der Waals surface area contributed by atoms with Crippen LogP contribution >= 0.6 is 0 Å². The average Bonchev–Trinajstić information content (AvgIpc) is 2.32. The summed E-state index contributed by atoms with van der Waals surface area (Å²) in [6, 6.07) is 12.5. The van der Waals surface area contributed by atoms with E-state index in [0.29, 0.717) is 11.1 Å². The van der Waals surface area contributed by atoms with Crippen molar-refractivity contribution in [1.82, 2.24) is 0 Å². The van der Waals surface area contributed by atoms with E-state index in [1.807, 2.05) is 26.0 Å². The van der Waals surface area contributed by atoms with Crippen molar-refractivity contribution in [3.05, 3.63) is 58.9 Å². The second kappa shape index (κ2) is 4.39. The SMILES string of the molecule is Cc1ccc(F)c(-c2ccc(C#N)c(C)c2)c1. The Morgan fingerprint density at radius 2 is 1.82 bits per heavy atom. The maximum Gasteiger partial charge on any atom is 0.131 e. The molecule has 84 valence electrons. The Hall–Kier alpha value is -2.14. The molecule has 0 aliphatic heterocycles. The predicted octanol–water partition coefficient (Wildman–Crippen LogP) is 3.98. The lowest BCUT2D eigenvalue weighted by atomic mass is 9.99. The summed E-state index contributed by atoms with van der Waals surface area (Å²) in [5.74, 6) is -0.236. The zero-order valence-electron chi connectivity index (χ0n) is 9.79. The minimum absolute atomic E-state index is 0.236. The number of aryl methyl sites for hydroxylation is 2. The number of rotatable bonds is 1. The summed E-state index contributed by atoms with van der Waals surface area (Å²) < 4.78 is 13.7. The molecule has 0 amide bonds. The topological polar surface area (TPSA) is 23.8 Å². The second-order valence-electron chi connectivity index (χ2n) is 4.12. The quantitative estimate of drug-likeness (QED) is 0.720. The minimum atomic E-state index is -0.236. The van der Waals surface area contributed by atoms with Crippen LogP contribution in [0.4, 0.5) is 4.39 Å². The molecule has 0 aromatic heterocycles. The third kappa shape index (κ3) is 2.19. The lowest BCUT2D eigenvalue weighted by Crippen LogP contribution is -1.88. The molecule has 0 atom stereocenters. The van der Waals surface area contributed by atoms with Crippen molar-refractivity contribution < 1.29 is 4.39 Å². The summed E-state index contributed by atoms with van der Waals surface area (Å²) in [4.78, 5) is 0. The molecule has 0 fully saturated rings. The van der Waals surface area contributed by atoms with Gasteiger partial charge < -0.3 is 0 Å². The summed E-state index contributed by atoms with van der Waals surface area (Å²) in [6.07, 6.45) is 0. The van der Waals surface area contributed by atoms with E-state index in [2.05, 4.69) is 6.07 Å². The number of nitrogens with zero attached hydrogens (tertiary/aromatic N) is 1. The Balaban J connectivity index is 2.58. The summed E-state index contributed by atoms with van der Waals surface area (Å²) in [5, 5.41) is 8.85. The highest BCUT2D eigenvalue weighted by Gasteiger charge is 2.07. The molecule has 17 heavy (non-hydrogen) atoms. The molecule has 0 N–H and O–H groups in total. The number of benzene rings is 2. The zero-order valence-corrected chi connectivity index (χ0v) is 9.79. The van der Waals surface area contributed by atoms with Crippen LogP contribution in [0.15, 0.2) is 36.4 Å². The van der Waals surface area contributed by atoms with E-state index in [9.17, 15) is 4.39 Å². The smallest absolute Gasteiger partial charge is 0.131 e. The number of hydrogen-bond donors (Lipinski definition) is 0. The van der Waals surface area contributed by atoms with Gasteiger partial charge >= 0.3 is 0 Å². The Morgan fingerprint density at radius 3 is 2.47 bits per heavy atom. The average molecular weight is 225 g/mol. The van der Waals surface area contributed by atoms with E-state index in [1.54, 1.807) is 18.2 Å². The van der Waals surface area contributed by atoms with Crippen molar-refractivity contribution >= 4 is 0 Å². The lowest BCUT2D eigenvalue weighted by Gasteiger charge is -2.06. The van der Waals surface area contributed by atoms with Gasteiger partial charge in [0.1, 0.15) is 5.82 Å². The van der Waals surface area contributed by atoms with Crippen LogP contribution in [0.3, 0.4) is 0 Å². The van der Waals surface area contributed by atoms with E-state index in [1.165, 1.54) is 6.07 Å². The molecule has 0 bridgehead atoms. The number of hydrogen-bond acceptors (Lipinski definition) is 1. The third-order valence-corrected chi connectivity index (χ3v) is 2.78. The zero-order chi connectivity index (χ0) is 12.4. The van der Waals surface area contributed by atoms with Gasteiger partial charge in [0.2, 0.25) is 0 Å². The first-order valence-electron chi connectivity index (χ1n) is 5.39. The summed E-state index contributed by atoms with van der Waals surface area (Å²) >= 11 is 0. The molecule has 0 aliphatic carbocycles. The Morgan fingerprint density at radius 1 is 1.06 bits per heavy atom. The third-order valence-electron chi connectivity index (χ3n) is 2.78. The van der Waals surface area contributed by atoms with Crippen LogP contribution < -0.4 is 0 Å². The van der Waals surface area contributed by atoms with E-state index in [0.717, 1.165) is 16.7 Å². The molecule has 0 unspecified atom stereocenters. The van der Waals surface area contributed by atoms with Crippen LogP contribution in [0.2, 0.25) is 0 Å². The van der Waals surface area contributed by atoms with E-state index >= 15 is 0 Å². The highest BCUT2D eigenvalue weighted by Crippen LogP contribution is 2.25. The summed E-state index contributed by atoms with van der Waals surface area (Å²) in [6.45, 7) is 3.79. The van der Waals surface area contributed by atoms with Gasteiger partial charge in [-0.2, -0.15) is 5.26 Å². The van der Waals surface area contributed by atoms with Gasteiger partial charge in [0.05, 0.1) is 11.6 Å². The molecule has 2 aromatic carbocycles. The van der Waals surface area contributed by atoms with Crippen molar-refractivity contribution in [3.8, 4) is 17.2 Å². The van der Waals surface area contributed by atoms with Crippen molar-refractivity contribution in [2.75, 3.05) is 0 Å². The highest BCUT2D eigenvalue weighted by atomic mass is 19.1. The minimum Gasteiger partial charge on any atom is -0.206 e.